The molecule has 0 aliphatic heterocycles. The number of rotatable bonds is 3. The summed E-state index contributed by atoms with van der Waals surface area (Å²) in [4.78, 5) is 21.9. The van der Waals surface area contributed by atoms with Gasteiger partial charge < -0.3 is 10.1 Å². The molecule has 0 aromatic heterocycles. The van der Waals surface area contributed by atoms with Crippen molar-refractivity contribution in [1.82, 2.24) is 0 Å². The van der Waals surface area contributed by atoms with Crippen molar-refractivity contribution in [2.24, 2.45) is 0 Å². The SMILES string of the molecule is COC(=O)/C=C\C(=O)Nc1ccccc1. The van der Waals surface area contributed by atoms with E-state index in [1.165, 1.54) is 7.11 Å². The van der Waals surface area contributed by atoms with Crippen molar-refractivity contribution in [3.8, 4) is 0 Å². The zero-order valence-electron chi connectivity index (χ0n) is 8.27. The molecule has 0 unspecified atom stereocenters. The molecule has 0 radical (unpaired) electrons. The lowest BCUT2D eigenvalue weighted by atomic mass is 10.3. The number of ether oxygens (including phenoxy) is 1. The number of methoxy groups -OCH3 is 1. The summed E-state index contributed by atoms with van der Waals surface area (Å²) < 4.78 is 4.35. The summed E-state index contributed by atoms with van der Waals surface area (Å²) in [6.45, 7) is 0. The van der Waals surface area contributed by atoms with Crippen molar-refractivity contribution >= 4 is 17.6 Å². The zero-order valence-corrected chi connectivity index (χ0v) is 8.27. The van der Waals surface area contributed by atoms with Gasteiger partial charge in [0.2, 0.25) is 5.91 Å². The Bertz CT molecular complexity index is 371. The van der Waals surface area contributed by atoms with Crippen LogP contribution in [0.4, 0.5) is 5.69 Å². The van der Waals surface area contributed by atoms with Gasteiger partial charge in [-0.2, -0.15) is 0 Å². The van der Waals surface area contributed by atoms with E-state index in [0.717, 1.165) is 12.2 Å². The van der Waals surface area contributed by atoms with Gasteiger partial charge in [-0.25, -0.2) is 4.79 Å². The normalized spacial score (nSPS) is 9.93. The topological polar surface area (TPSA) is 55.4 Å². The van der Waals surface area contributed by atoms with Crippen LogP contribution < -0.4 is 5.32 Å². The molecule has 4 heteroatoms. The van der Waals surface area contributed by atoms with Gasteiger partial charge in [0.15, 0.2) is 0 Å². The van der Waals surface area contributed by atoms with E-state index in [0.29, 0.717) is 5.69 Å². The van der Waals surface area contributed by atoms with Gasteiger partial charge in [-0.15, -0.1) is 0 Å². The van der Waals surface area contributed by atoms with Gasteiger partial charge in [0, 0.05) is 17.8 Å². The Balaban J connectivity index is 2.50. The highest BCUT2D eigenvalue weighted by molar-refractivity contribution is 6.02. The number of anilines is 1. The Morgan fingerprint density at radius 2 is 1.87 bits per heavy atom. The Labute approximate surface area is 87.6 Å². The summed E-state index contributed by atoms with van der Waals surface area (Å²) in [6.07, 6.45) is 2.19. The molecular weight excluding hydrogens is 194 g/mol. The summed E-state index contributed by atoms with van der Waals surface area (Å²) in [7, 11) is 1.25. The number of hydrogen-bond donors (Lipinski definition) is 1. The van der Waals surface area contributed by atoms with Crippen molar-refractivity contribution in [3.63, 3.8) is 0 Å². The first-order valence-corrected chi connectivity index (χ1v) is 4.34. The lowest BCUT2D eigenvalue weighted by molar-refractivity contribution is -0.135. The van der Waals surface area contributed by atoms with Gasteiger partial charge in [0.1, 0.15) is 0 Å². The van der Waals surface area contributed by atoms with Crippen LogP contribution in [0.25, 0.3) is 0 Å². The first kappa shape index (κ1) is 11.0. The van der Waals surface area contributed by atoms with E-state index in [1.54, 1.807) is 24.3 Å². The summed E-state index contributed by atoms with van der Waals surface area (Å²) in [6, 6.07) is 8.97. The summed E-state index contributed by atoms with van der Waals surface area (Å²) in [5, 5.41) is 2.59. The summed E-state index contributed by atoms with van der Waals surface area (Å²) >= 11 is 0. The number of hydrogen-bond acceptors (Lipinski definition) is 3. The molecule has 1 aromatic rings. The maximum atomic E-state index is 11.2. The van der Waals surface area contributed by atoms with Crippen molar-refractivity contribution in [2.45, 2.75) is 0 Å². The Kier molecular flexibility index (Phi) is 4.09. The number of carbonyl (C=O) groups is 2. The molecule has 0 aliphatic rings. The molecule has 15 heavy (non-hydrogen) atoms. The van der Waals surface area contributed by atoms with Crippen LogP contribution in [0, 0.1) is 0 Å². The van der Waals surface area contributed by atoms with Crippen LogP contribution in [0.2, 0.25) is 0 Å². The Hall–Kier alpha value is -2.10. The third kappa shape index (κ3) is 4.08. The van der Waals surface area contributed by atoms with E-state index >= 15 is 0 Å². The molecule has 1 N–H and O–H groups in total. The minimum Gasteiger partial charge on any atom is -0.466 e. The summed E-state index contributed by atoms with van der Waals surface area (Å²) in [5.74, 6) is -0.926. The molecule has 78 valence electrons. The van der Waals surface area contributed by atoms with Crippen LogP contribution in [-0.2, 0) is 14.3 Å². The fourth-order valence-corrected chi connectivity index (χ4v) is 0.917. The highest BCUT2D eigenvalue weighted by atomic mass is 16.5. The predicted molar refractivity (Wildman–Crippen MR) is 56.2 cm³/mol. The Morgan fingerprint density at radius 3 is 2.47 bits per heavy atom. The minimum atomic E-state index is -0.557. The van der Waals surface area contributed by atoms with Gasteiger partial charge in [-0.1, -0.05) is 18.2 Å². The van der Waals surface area contributed by atoms with Crippen LogP contribution in [-0.4, -0.2) is 19.0 Å². The molecule has 0 bridgehead atoms. The smallest absolute Gasteiger partial charge is 0.330 e. The molecule has 0 heterocycles. The lowest BCUT2D eigenvalue weighted by Crippen LogP contribution is -2.08. The molecule has 0 saturated heterocycles. The standard InChI is InChI=1S/C11H11NO3/c1-15-11(14)8-7-10(13)12-9-5-3-2-4-6-9/h2-8H,1H3,(H,12,13)/b8-7-. The van der Waals surface area contributed by atoms with Gasteiger partial charge in [-0.05, 0) is 12.1 Å². The second-order valence-electron chi connectivity index (χ2n) is 2.71. The van der Waals surface area contributed by atoms with Crippen molar-refractivity contribution in [2.75, 3.05) is 12.4 Å². The molecule has 0 aliphatic carbocycles. The first-order chi connectivity index (χ1) is 7.22. The number of para-hydroxylation sites is 1. The second-order valence-corrected chi connectivity index (χ2v) is 2.71. The number of benzene rings is 1. The fourth-order valence-electron chi connectivity index (χ4n) is 0.917. The third-order valence-corrected chi connectivity index (χ3v) is 1.61. The van der Waals surface area contributed by atoms with E-state index in [2.05, 4.69) is 10.1 Å². The zero-order chi connectivity index (χ0) is 11.1. The highest BCUT2D eigenvalue weighted by Gasteiger charge is 1.98. The van der Waals surface area contributed by atoms with Crippen molar-refractivity contribution < 1.29 is 14.3 Å². The fraction of sp³-hybridized carbons (Fsp3) is 0.0909. The molecular formula is C11H11NO3. The Morgan fingerprint density at radius 1 is 1.20 bits per heavy atom. The molecule has 1 aromatic carbocycles. The molecule has 0 atom stereocenters. The highest BCUT2D eigenvalue weighted by Crippen LogP contribution is 2.04. The number of carbonyl (C=O) groups excluding carboxylic acids is 2. The number of amides is 1. The van der Waals surface area contributed by atoms with Gasteiger partial charge >= 0.3 is 5.97 Å². The molecule has 0 fully saturated rings. The van der Waals surface area contributed by atoms with Crippen LogP contribution in [0.3, 0.4) is 0 Å². The molecule has 0 saturated carbocycles. The van der Waals surface area contributed by atoms with E-state index < -0.39 is 5.97 Å². The monoisotopic (exact) mass is 205 g/mol. The van der Waals surface area contributed by atoms with Gasteiger partial charge in [0.05, 0.1) is 7.11 Å². The van der Waals surface area contributed by atoms with E-state index in [-0.39, 0.29) is 5.91 Å². The van der Waals surface area contributed by atoms with E-state index in [1.807, 2.05) is 6.07 Å². The summed E-state index contributed by atoms with van der Waals surface area (Å²) in [5.41, 5.74) is 0.678. The number of esters is 1. The van der Waals surface area contributed by atoms with E-state index in [9.17, 15) is 9.59 Å². The van der Waals surface area contributed by atoms with Crippen LogP contribution >= 0.6 is 0 Å². The first-order valence-electron chi connectivity index (χ1n) is 4.34. The van der Waals surface area contributed by atoms with Crippen molar-refractivity contribution in [3.05, 3.63) is 42.5 Å². The van der Waals surface area contributed by atoms with Crippen LogP contribution in [0.1, 0.15) is 0 Å². The average molecular weight is 205 g/mol. The van der Waals surface area contributed by atoms with E-state index in [4.69, 9.17) is 0 Å². The average Bonchev–Trinajstić information content (AvgIpc) is 2.27. The molecule has 1 rings (SSSR count). The molecule has 4 nitrogen and oxygen atoms in total. The second kappa shape index (κ2) is 5.59. The van der Waals surface area contributed by atoms with Crippen LogP contribution in [0.5, 0.6) is 0 Å². The van der Waals surface area contributed by atoms with Crippen molar-refractivity contribution in [1.29, 1.82) is 0 Å². The maximum absolute atomic E-state index is 11.2. The minimum absolute atomic E-state index is 0.369. The van der Waals surface area contributed by atoms with Gasteiger partial charge in [-0.3, -0.25) is 4.79 Å². The quantitative estimate of drug-likeness (QED) is 0.598. The molecule has 1 amide bonds. The van der Waals surface area contributed by atoms with Crippen LogP contribution in [0.15, 0.2) is 42.5 Å². The molecule has 0 spiro atoms. The lowest BCUT2D eigenvalue weighted by Gasteiger charge is -1.99. The predicted octanol–water partition coefficient (Wildman–Crippen LogP) is 1.35. The maximum Gasteiger partial charge on any atom is 0.330 e. The number of nitrogens with one attached hydrogen (secondary N) is 1. The van der Waals surface area contributed by atoms with Gasteiger partial charge in [0.25, 0.3) is 0 Å². The third-order valence-electron chi connectivity index (χ3n) is 1.61. The largest absolute Gasteiger partial charge is 0.466 e.